The van der Waals surface area contributed by atoms with Crippen molar-refractivity contribution in [3.05, 3.63) is 71.0 Å². The molecule has 0 aliphatic carbocycles. The zero-order chi connectivity index (χ0) is 17.0. The minimum atomic E-state index is -4.42. The molecule has 0 spiro atoms. The Morgan fingerprint density at radius 2 is 1.61 bits per heavy atom. The van der Waals surface area contributed by atoms with E-state index in [4.69, 9.17) is 0 Å². The maximum Gasteiger partial charge on any atom is 0.346 e. The number of nitrogens with one attached hydrogen (secondary N) is 1. The zero-order valence-corrected chi connectivity index (χ0v) is 14.0. The van der Waals surface area contributed by atoms with E-state index in [0.29, 0.717) is 17.0 Å². The lowest BCUT2D eigenvalue weighted by molar-refractivity contribution is 0.347. The molecule has 1 atom stereocenters. The lowest BCUT2D eigenvalue weighted by Crippen LogP contribution is -2.21. The van der Waals surface area contributed by atoms with E-state index >= 15 is 0 Å². The predicted octanol–water partition coefficient (Wildman–Crippen LogP) is 3.92. The van der Waals surface area contributed by atoms with Crippen LogP contribution < -0.4 is 5.32 Å². The second-order valence-corrected chi connectivity index (χ2v) is 7.48. The van der Waals surface area contributed by atoms with Gasteiger partial charge in [0.15, 0.2) is 0 Å². The molecule has 6 heteroatoms. The van der Waals surface area contributed by atoms with Crippen molar-refractivity contribution >= 4 is 7.60 Å². The highest BCUT2D eigenvalue weighted by Gasteiger charge is 2.30. The molecular formula is C17H21FNO3P. The molecule has 124 valence electrons. The molecule has 0 aliphatic heterocycles. The molecule has 0 saturated heterocycles. The van der Waals surface area contributed by atoms with Crippen molar-refractivity contribution in [1.82, 2.24) is 5.32 Å². The van der Waals surface area contributed by atoms with E-state index in [1.54, 1.807) is 30.3 Å². The molecule has 3 N–H and O–H groups in total. The van der Waals surface area contributed by atoms with Gasteiger partial charge in [-0.3, -0.25) is 9.88 Å². The summed E-state index contributed by atoms with van der Waals surface area (Å²) in [6.45, 7) is 4.13. The van der Waals surface area contributed by atoms with Gasteiger partial charge in [-0.1, -0.05) is 56.3 Å². The molecule has 1 unspecified atom stereocenters. The van der Waals surface area contributed by atoms with Gasteiger partial charge in [-0.05, 0) is 23.1 Å². The van der Waals surface area contributed by atoms with Crippen molar-refractivity contribution in [2.75, 3.05) is 0 Å². The second kappa shape index (κ2) is 7.37. The molecule has 0 fully saturated rings. The summed E-state index contributed by atoms with van der Waals surface area (Å²) in [4.78, 5) is 19.2. The maximum absolute atomic E-state index is 13.6. The molecule has 0 aromatic heterocycles. The highest BCUT2D eigenvalue weighted by molar-refractivity contribution is 7.52. The molecule has 0 aliphatic rings. The van der Waals surface area contributed by atoms with Crippen LogP contribution in [0, 0.1) is 5.82 Å². The molecule has 0 amide bonds. The Morgan fingerprint density at radius 1 is 1.04 bits per heavy atom. The largest absolute Gasteiger partial charge is 0.346 e. The quantitative estimate of drug-likeness (QED) is 0.699. The monoisotopic (exact) mass is 337 g/mol. The molecule has 0 saturated carbocycles. The van der Waals surface area contributed by atoms with Gasteiger partial charge < -0.3 is 9.79 Å². The van der Waals surface area contributed by atoms with Crippen LogP contribution in [0.3, 0.4) is 0 Å². The van der Waals surface area contributed by atoms with Crippen LogP contribution >= 0.6 is 7.60 Å². The fourth-order valence-electron chi connectivity index (χ4n) is 2.34. The van der Waals surface area contributed by atoms with Crippen LogP contribution in [-0.2, 0) is 11.1 Å². The average molecular weight is 337 g/mol. The van der Waals surface area contributed by atoms with Gasteiger partial charge in [0.2, 0.25) is 0 Å². The van der Waals surface area contributed by atoms with E-state index < -0.39 is 19.2 Å². The minimum absolute atomic E-state index is 0.0361. The Bertz CT molecular complexity index is 697. The van der Waals surface area contributed by atoms with Crippen molar-refractivity contribution in [3.63, 3.8) is 0 Å². The molecule has 0 heterocycles. The maximum atomic E-state index is 13.6. The zero-order valence-electron chi connectivity index (χ0n) is 13.1. The van der Waals surface area contributed by atoms with E-state index in [0.717, 1.165) is 5.56 Å². The van der Waals surface area contributed by atoms with Gasteiger partial charge >= 0.3 is 7.60 Å². The number of benzene rings is 2. The molecular weight excluding hydrogens is 316 g/mol. The molecule has 2 rings (SSSR count). The standard InChI is InChI=1S/C17H21FNO3P/c1-12(2)13-7-9-14(10-8-13)17(23(20,21)22)19-11-15-5-3-4-6-16(15)18/h3-10,12,17,19H,11H2,1-2H3,(H2,20,21,22). The van der Waals surface area contributed by atoms with Crippen LogP contribution in [0.2, 0.25) is 0 Å². The number of halogens is 1. The average Bonchev–Trinajstić information content (AvgIpc) is 2.48. The molecule has 0 bridgehead atoms. The van der Waals surface area contributed by atoms with Crippen molar-refractivity contribution in [1.29, 1.82) is 0 Å². The number of hydrogen-bond donors (Lipinski definition) is 3. The van der Waals surface area contributed by atoms with Gasteiger partial charge in [-0.25, -0.2) is 4.39 Å². The van der Waals surface area contributed by atoms with Crippen molar-refractivity contribution in [3.8, 4) is 0 Å². The Kier molecular flexibility index (Phi) is 5.71. The first-order valence-electron chi connectivity index (χ1n) is 7.41. The van der Waals surface area contributed by atoms with Crippen LogP contribution in [-0.4, -0.2) is 9.79 Å². The lowest BCUT2D eigenvalue weighted by atomic mass is 10.0. The Hall–Kier alpha value is -1.52. The minimum Gasteiger partial charge on any atom is -0.323 e. The fraction of sp³-hybridized carbons (Fsp3) is 0.294. The van der Waals surface area contributed by atoms with E-state index in [1.165, 1.54) is 6.07 Å². The predicted molar refractivity (Wildman–Crippen MR) is 88.6 cm³/mol. The van der Waals surface area contributed by atoms with Gasteiger partial charge in [0, 0.05) is 12.1 Å². The van der Waals surface area contributed by atoms with E-state index in [9.17, 15) is 18.7 Å². The smallest absolute Gasteiger partial charge is 0.323 e. The van der Waals surface area contributed by atoms with Gasteiger partial charge in [-0.2, -0.15) is 0 Å². The third kappa shape index (κ3) is 4.72. The van der Waals surface area contributed by atoms with Crippen LogP contribution in [0.25, 0.3) is 0 Å². The van der Waals surface area contributed by atoms with Crippen LogP contribution in [0.1, 0.15) is 42.2 Å². The Labute approximate surface area is 135 Å². The summed E-state index contributed by atoms with van der Waals surface area (Å²) in [5.74, 6) is -1.23. The SMILES string of the molecule is CC(C)c1ccc(C(NCc2ccccc2F)P(=O)(O)O)cc1. The third-order valence-electron chi connectivity index (χ3n) is 3.70. The van der Waals surface area contributed by atoms with Gasteiger partial charge in [0.25, 0.3) is 0 Å². The lowest BCUT2D eigenvalue weighted by Gasteiger charge is -2.21. The van der Waals surface area contributed by atoms with Crippen LogP contribution in [0.5, 0.6) is 0 Å². The summed E-state index contributed by atoms with van der Waals surface area (Å²) >= 11 is 0. The number of rotatable bonds is 6. The highest BCUT2D eigenvalue weighted by Crippen LogP contribution is 2.50. The first-order valence-corrected chi connectivity index (χ1v) is 9.09. The van der Waals surface area contributed by atoms with Gasteiger partial charge in [-0.15, -0.1) is 0 Å². The Morgan fingerprint density at radius 3 is 2.13 bits per heavy atom. The second-order valence-electron chi connectivity index (χ2n) is 5.79. The number of hydrogen-bond acceptors (Lipinski definition) is 2. The third-order valence-corrected chi connectivity index (χ3v) is 4.85. The fourth-order valence-corrected chi connectivity index (χ4v) is 3.23. The topological polar surface area (TPSA) is 69.6 Å². The molecule has 0 radical (unpaired) electrons. The highest BCUT2D eigenvalue weighted by atomic mass is 31.2. The molecule has 4 nitrogen and oxygen atoms in total. The molecule has 2 aromatic carbocycles. The summed E-state index contributed by atoms with van der Waals surface area (Å²) in [7, 11) is -4.42. The van der Waals surface area contributed by atoms with Crippen molar-refractivity contribution in [2.45, 2.75) is 32.1 Å². The summed E-state index contributed by atoms with van der Waals surface area (Å²) < 4.78 is 25.4. The Balaban J connectivity index is 2.21. The molecule has 23 heavy (non-hydrogen) atoms. The van der Waals surface area contributed by atoms with E-state index in [-0.39, 0.29) is 6.54 Å². The van der Waals surface area contributed by atoms with E-state index in [1.807, 2.05) is 26.0 Å². The summed E-state index contributed by atoms with van der Waals surface area (Å²) in [5.41, 5.74) is 1.94. The van der Waals surface area contributed by atoms with E-state index in [2.05, 4.69) is 5.32 Å². The van der Waals surface area contributed by atoms with Gasteiger partial charge in [0.05, 0.1) is 0 Å². The van der Waals surface area contributed by atoms with Gasteiger partial charge in [0.1, 0.15) is 11.6 Å². The molecule has 2 aromatic rings. The first kappa shape index (κ1) is 17.8. The van der Waals surface area contributed by atoms with Crippen molar-refractivity contribution < 1.29 is 18.7 Å². The van der Waals surface area contributed by atoms with Crippen molar-refractivity contribution in [2.24, 2.45) is 0 Å². The summed E-state index contributed by atoms with van der Waals surface area (Å²) in [6.07, 6.45) is 0. The van der Waals surface area contributed by atoms with Crippen LogP contribution in [0.15, 0.2) is 48.5 Å². The summed E-state index contributed by atoms with van der Waals surface area (Å²) in [5, 5.41) is 2.78. The normalized spacial score (nSPS) is 13.3. The summed E-state index contributed by atoms with van der Waals surface area (Å²) in [6, 6.07) is 13.3. The first-order chi connectivity index (χ1) is 10.8. The van der Waals surface area contributed by atoms with Crippen LogP contribution in [0.4, 0.5) is 4.39 Å².